The molecule has 0 radical (unpaired) electrons. The first-order valence-electron chi connectivity index (χ1n) is 3.23. The molecule has 0 saturated heterocycles. The lowest BCUT2D eigenvalue weighted by molar-refractivity contribution is -0.498. The molecule has 5 N–H and O–H groups in total. The average Bonchev–Trinajstić information content (AvgIpc) is 2.08. The molecule has 0 saturated carbocycles. The molecule has 7 heteroatoms. The number of aliphatic hydroxyl groups excluding tert-OH is 3. The van der Waals surface area contributed by atoms with Gasteiger partial charge in [0, 0.05) is 0 Å². The zero-order valence-corrected chi connectivity index (χ0v) is 6.42. The highest BCUT2D eigenvalue weighted by molar-refractivity contribution is 4.75. The van der Waals surface area contributed by atoms with Crippen LogP contribution in [0.25, 0.3) is 0 Å². The van der Waals surface area contributed by atoms with Crippen LogP contribution in [0.3, 0.4) is 0 Å². The van der Waals surface area contributed by atoms with Gasteiger partial charge in [-0.15, -0.1) is 0 Å². The fourth-order valence-corrected chi connectivity index (χ4v) is 0.482. The van der Waals surface area contributed by atoms with Gasteiger partial charge in [-0.2, -0.15) is 0 Å². The molecule has 0 aliphatic carbocycles. The van der Waals surface area contributed by atoms with Crippen LogP contribution in [0.2, 0.25) is 0 Å². The van der Waals surface area contributed by atoms with Gasteiger partial charge in [0.15, 0.2) is 0 Å². The molecule has 0 aliphatic rings. The molecule has 0 heterocycles. The lowest BCUT2D eigenvalue weighted by Crippen LogP contribution is -2.40. The third kappa shape index (κ3) is 3.41. The van der Waals surface area contributed by atoms with Crippen LogP contribution in [-0.2, 0) is 4.84 Å². The molecule has 0 aromatic carbocycles. The first-order chi connectivity index (χ1) is 5.60. The van der Waals surface area contributed by atoms with Gasteiger partial charge < -0.3 is 15.3 Å². The van der Waals surface area contributed by atoms with Crippen molar-refractivity contribution in [1.29, 1.82) is 0 Å². The molecule has 74 valence electrons. The fraction of sp³-hybridized carbons (Fsp3) is 1.00. The highest BCUT2D eigenvalue weighted by atomic mass is 17.1. The van der Waals surface area contributed by atoms with Crippen molar-refractivity contribution in [3.05, 3.63) is 0 Å². The summed E-state index contributed by atoms with van der Waals surface area (Å²) in [6, 6.07) is 0. The fourth-order valence-electron chi connectivity index (χ4n) is 0.482. The molecule has 0 spiro atoms. The highest BCUT2D eigenvalue weighted by Gasteiger charge is 2.29. The van der Waals surface area contributed by atoms with Crippen molar-refractivity contribution in [3.8, 4) is 0 Å². The molecule has 0 atom stereocenters. The quantitative estimate of drug-likeness (QED) is 0.301. The minimum atomic E-state index is -1.26. The van der Waals surface area contributed by atoms with Crippen molar-refractivity contribution in [2.24, 2.45) is 5.41 Å². The van der Waals surface area contributed by atoms with E-state index in [0.717, 1.165) is 0 Å². The SMILES string of the molecule is OCC(CO)(CO)CON(O)O. The van der Waals surface area contributed by atoms with Crippen LogP contribution in [0.15, 0.2) is 0 Å². The molecule has 0 bridgehead atoms. The second-order valence-corrected chi connectivity index (χ2v) is 2.50. The smallest absolute Gasteiger partial charge is 0.0858 e. The van der Waals surface area contributed by atoms with E-state index in [-0.39, 0.29) is 0 Å². The van der Waals surface area contributed by atoms with Gasteiger partial charge >= 0.3 is 0 Å². The van der Waals surface area contributed by atoms with Gasteiger partial charge in [-0.25, -0.2) is 4.84 Å². The van der Waals surface area contributed by atoms with Crippen molar-refractivity contribution in [1.82, 2.24) is 5.39 Å². The topological polar surface area (TPSA) is 114 Å². The standard InChI is InChI=1S/C5H13NO6/c7-1-5(2-8,3-9)4-12-6(10)11/h7-11H,1-4H2. The van der Waals surface area contributed by atoms with Crippen LogP contribution in [0, 0.1) is 5.41 Å². The lowest BCUT2D eigenvalue weighted by Gasteiger charge is -2.26. The predicted octanol–water partition coefficient (Wildman–Crippen LogP) is -2.04. The van der Waals surface area contributed by atoms with Gasteiger partial charge in [0.25, 0.3) is 0 Å². The van der Waals surface area contributed by atoms with E-state index in [1.165, 1.54) is 0 Å². The lowest BCUT2D eigenvalue weighted by atomic mass is 9.93. The summed E-state index contributed by atoms with van der Waals surface area (Å²) in [6.45, 7) is -1.96. The Bertz CT molecular complexity index is 106. The first-order valence-corrected chi connectivity index (χ1v) is 3.23. The monoisotopic (exact) mass is 183 g/mol. The molecule has 12 heavy (non-hydrogen) atoms. The summed E-state index contributed by atoms with van der Waals surface area (Å²) >= 11 is 0. The Kier molecular flexibility index (Phi) is 5.25. The van der Waals surface area contributed by atoms with E-state index in [0.29, 0.717) is 0 Å². The second-order valence-electron chi connectivity index (χ2n) is 2.50. The third-order valence-electron chi connectivity index (χ3n) is 1.49. The van der Waals surface area contributed by atoms with Crippen LogP contribution in [-0.4, -0.2) is 57.6 Å². The number of hydrogen-bond acceptors (Lipinski definition) is 7. The molecule has 0 aromatic rings. The summed E-state index contributed by atoms with van der Waals surface area (Å²) in [5.41, 5.74) is -1.26. The molecular formula is C5H13NO6. The van der Waals surface area contributed by atoms with Gasteiger partial charge in [0.2, 0.25) is 0 Å². The van der Waals surface area contributed by atoms with Gasteiger partial charge in [0.05, 0.1) is 37.2 Å². The molecule has 0 rings (SSSR count). The Hall–Kier alpha value is -0.280. The summed E-state index contributed by atoms with van der Waals surface area (Å²) in [7, 11) is 0. The minimum absolute atomic E-state index is 0.399. The summed E-state index contributed by atoms with van der Waals surface area (Å²) < 4.78 is 0. The van der Waals surface area contributed by atoms with E-state index in [1.54, 1.807) is 0 Å². The largest absolute Gasteiger partial charge is 0.396 e. The minimum Gasteiger partial charge on any atom is -0.396 e. The van der Waals surface area contributed by atoms with Gasteiger partial charge in [0.1, 0.15) is 0 Å². The van der Waals surface area contributed by atoms with E-state index in [1.807, 2.05) is 0 Å². The average molecular weight is 183 g/mol. The summed E-state index contributed by atoms with van der Waals surface area (Å²) in [5, 5.41) is 41.8. The summed E-state index contributed by atoms with van der Waals surface area (Å²) in [6.07, 6.45) is 0. The van der Waals surface area contributed by atoms with Crippen LogP contribution in [0.5, 0.6) is 0 Å². The Morgan fingerprint density at radius 1 is 1.00 bits per heavy atom. The van der Waals surface area contributed by atoms with E-state index in [2.05, 4.69) is 4.84 Å². The van der Waals surface area contributed by atoms with Crippen LogP contribution < -0.4 is 0 Å². The van der Waals surface area contributed by atoms with Gasteiger partial charge in [-0.1, -0.05) is 0 Å². The molecule has 0 aliphatic heterocycles. The van der Waals surface area contributed by atoms with Crippen molar-refractivity contribution in [2.75, 3.05) is 26.4 Å². The van der Waals surface area contributed by atoms with E-state index >= 15 is 0 Å². The normalized spacial score (nSPS) is 12.5. The first kappa shape index (κ1) is 11.7. The maximum absolute atomic E-state index is 8.71. The number of rotatable bonds is 6. The molecular weight excluding hydrogens is 170 g/mol. The zero-order chi connectivity index (χ0) is 9.61. The Labute approximate surface area is 68.9 Å². The molecule has 7 nitrogen and oxygen atoms in total. The van der Waals surface area contributed by atoms with Crippen molar-refractivity contribution in [2.45, 2.75) is 0 Å². The van der Waals surface area contributed by atoms with Crippen LogP contribution in [0.1, 0.15) is 0 Å². The molecule has 0 unspecified atom stereocenters. The summed E-state index contributed by atoms with van der Waals surface area (Å²) in [5.74, 6) is 0. The Morgan fingerprint density at radius 2 is 1.42 bits per heavy atom. The molecule has 0 aromatic heterocycles. The summed E-state index contributed by atoms with van der Waals surface area (Å²) in [4.78, 5) is 4.14. The van der Waals surface area contributed by atoms with Crippen molar-refractivity contribution in [3.63, 3.8) is 0 Å². The maximum atomic E-state index is 8.71. The van der Waals surface area contributed by atoms with Gasteiger partial charge in [-0.3, -0.25) is 10.4 Å². The van der Waals surface area contributed by atoms with Gasteiger partial charge in [-0.05, 0) is 0 Å². The number of aliphatic hydroxyl groups is 3. The van der Waals surface area contributed by atoms with Crippen molar-refractivity contribution < 1.29 is 30.6 Å². The van der Waals surface area contributed by atoms with E-state index in [4.69, 9.17) is 25.7 Å². The number of nitrogens with zero attached hydrogens (tertiary/aromatic N) is 1. The van der Waals surface area contributed by atoms with Crippen LogP contribution >= 0.6 is 0 Å². The number of hydrogen-bond donors (Lipinski definition) is 5. The molecule has 0 amide bonds. The third-order valence-corrected chi connectivity index (χ3v) is 1.49. The molecule has 0 fully saturated rings. The van der Waals surface area contributed by atoms with Crippen molar-refractivity contribution >= 4 is 0 Å². The predicted molar refractivity (Wildman–Crippen MR) is 35.1 cm³/mol. The maximum Gasteiger partial charge on any atom is 0.0858 e. The Balaban J connectivity index is 3.93. The zero-order valence-electron chi connectivity index (χ0n) is 6.42. The van der Waals surface area contributed by atoms with E-state index < -0.39 is 37.2 Å². The van der Waals surface area contributed by atoms with Crippen LogP contribution in [0.4, 0.5) is 0 Å². The van der Waals surface area contributed by atoms with E-state index in [9.17, 15) is 0 Å². The highest BCUT2D eigenvalue weighted by Crippen LogP contribution is 2.14. The Morgan fingerprint density at radius 3 is 1.67 bits per heavy atom. The second kappa shape index (κ2) is 5.38.